The smallest absolute Gasteiger partial charge is 0.274 e. The lowest BCUT2D eigenvalue weighted by Gasteiger charge is -2.37. The molecule has 6 nitrogen and oxygen atoms in total. The highest BCUT2D eigenvalue weighted by Gasteiger charge is 2.44. The van der Waals surface area contributed by atoms with Crippen LogP contribution in [0.5, 0.6) is 5.75 Å². The van der Waals surface area contributed by atoms with E-state index in [0.717, 1.165) is 33.6 Å². The van der Waals surface area contributed by atoms with Crippen LogP contribution in [0.3, 0.4) is 0 Å². The number of amides is 1. The molecular formula is C27H25ClF2N4O2S. The van der Waals surface area contributed by atoms with Gasteiger partial charge >= 0.3 is 0 Å². The van der Waals surface area contributed by atoms with Crippen molar-refractivity contribution in [2.45, 2.75) is 36.3 Å². The molecule has 0 aliphatic carbocycles. The first-order valence-corrected chi connectivity index (χ1v) is 13.0. The van der Waals surface area contributed by atoms with Gasteiger partial charge in [0.15, 0.2) is 0 Å². The predicted octanol–water partition coefficient (Wildman–Crippen LogP) is 5.51. The Labute approximate surface area is 223 Å². The standard InChI is InChI=1S/C27H25ClF2N4O2S/c28-23-12-20(18-3-7-22(8-4-18)37-34-15-27(29,30)16-34)11-19-2-5-21(36-26(19)23)6-10-25(35)33-14-17-1-9-24(31)32-13-17/h1,3-4,6-13,21H,2,5,14-16H2,(H2,31,32)(H,33,35)/b10-6+. The second kappa shape index (κ2) is 10.7. The van der Waals surface area contributed by atoms with Crippen molar-refractivity contribution in [2.75, 3.05) is 18.8 Å². The molecule has 2 aliphatic heterocycles. The molecule has 0 spiro atoms. The maximum absolute atomic E-state index is 13.1. The Morgan fingerprint density at radius 3 is 2.70 bits per heavy atom. The van der Waals surface area contributed by atoms with E-state index in [2.05, 4.69) is 16.4 Å². The summed E-state index contributed by atoms with van der Waals surface area (Å²) in [6.07, 6.45) is 6.06. The van der Waals surface area contributed by atoms with Gasteiger partial charge in [-0.3, -0.25) is 4.79 Å². The van der Waals surface area contributed by atoms with E-state index in [1.807, 2.05) is 36.4 Å². The maximum atomic E-state index is 13.1. The molecule has 0 radical (unpaired) electrons. The summed E-state index contributed by atoms with van der Waals surface area (Å²) < 4.78 is 33.8. The summed E-state index contributed by atoms with van der Waals surface area (Å²) in [4.78, 5) is 17.1. The lowest BCUT2D eigenvalue weighted by atomic mass is 9.96. The fourth-order valence-electron chi connectivity index (χ4n) is 4.15. The molecule has 1 fully saturated rings. The number of nitrogens with one attached hydrogen (secondary N) is 1. The average Bonchev–Trinajstić information content (AvgIpc) is 2.86. The van der Waals surface area contributed by atoms with Gasteiger partial charge < -0.3 is 15.8 Å². The minimum absolute atomic E-state index is 0.220. The number of benzene rings is 2. The van der Waals surface area contributed by atoms with Crippen molar-refractivity contribution in [1.29, 1.82) is 0 Å². The molecule has 192 valence electrons. The van der Waals surface area contributed by atoms with Crippen molar-refractivity contribution in [1.82, 2.24) is 14.6 Å². The van der Waals surface area contributed by atoms with Gasteiger partial charge in [-0.25, -0.2) is 18.1 Å². The molecule has 1 amide bonds. The number of carbonyl (C=O) groups is 1. The van der Waals surface area contributed by atoms with Gasteiger partial charge in [0.25, 0.3) is 5.92 Å². The highest BCUT2D eigenvalue weighted by Crippen LogP contribution is 2.40. The molecule has 10 heteroatoms. The molecule has 3 N–H and O–H groups in total. The number of nitrogens with zero attached hydrogens (tertiary/aromatic N) is 2. The van der Waals surface area contributed by atoms with Gasteiger partial charge in [-0.05, 0) is 83.5 Å². The van der Waals surface area contributed by atoms with E-state index in [-0.39, 0.29) is 25.1 Å². The van der Waals surface area contributed by atoms with Gasteiger partial charge in [0, 0.05) is 23.7 Å². The Balaban J connectivity index is 1.17. The topological polar surface area (TPSA) is 80.5 Å². The van der Waals surface area contributed by atoms with Crippen molar-refractivity contribution in [2.24, 2.45) is 0 Å². The van der Waals surface area contributed by atoms with Gasteiger partial charge in [0.1, 0.15) is 17.7 Å². The molecule has 37 heavy (non-hydrogen) atoms. The van der Waals surface area contributed by atoms with Crippen molar-refractivity contribution < 1.29 is 18.3 Å². The van der Waals surface area contributed by atoms with Crippen molar-refractivity contribution in [3.8, 4) is 16.9 Å². The quantitative estimate of drug-likeness (QED) is 0.303. The van der Waals surface area contributed by atoms with Crippen LogP contribution in [0.4, 0.5) is 14.6 Å². The minimum Gasteiger partial charge on any atom is -0.484 e. The largest absolute Gasteiger partial charge is 0.484 e. The second-order valence-corrected chi connectivity index (χ2v) is 10.7. The van der Waals surface area contributed by atoms with Crippen LogP contribution in [0, 0.1) is 0 Å². The molecule has 5 rings (SSSR count). The lowest BCUT2D eigenvalue weighted by molar-refractivity contribution is -0.116. The number of nitrogens with two attached hydrogens (primary N) is 1. The van der Waals surface area contributed by atoms with Crippen molar-refractivity contribution >= 4 is 35.3 Å². The molecular weight excluding hydrogens is 518 g/mol. The summed E-state index contributed by atoms with van der Waals surface area (Å²) in [6.45, 7) is -0.0860. The highest BCUT2D eigenvalue weighted by molar-refractivity contribution is 7.97. The Hall–Kier alpha value is -3.14. The Morgan fingerprint density at radius 1 is 1.22 bits per heavy atom. The number of alkyl halides is 2. The lowest BCUT2D eigenvalue weighted by Crippen LogP contribution is -2.52. The zero-order valence-corrected chi connectivity index (χ0v) is 21.4. The molecule has 2 aliphatic rings. The van der Waals surface area contributed by atoms with Crippen LogP contribution < -0.4 is 15.8 Å². The number of nitrogen functional groups attached to an aromatic ring is 1. The van der Waals surface area contributed by atoms with Gasteiger partial charge in [0.2, 0.25) is 5.91 Å². The summed E-state index contributed by atoms with van der Waals surface area (Å²) >= 11 is 7.92. The molecule has 2 aromatic carbocycles. The fourth-order valence-corrected chi connectivity index (χ4v) is 5.50. The number of pyridine rings is 1. The fraction of sp³-hybridized carbons (Fsp3) is 0.259. The highest BCUT2D eigenvalue weighted by atomic mass is 35.5. The molecule has 1 atom stereocenters. The van der Waals surface area contributed by atoms with Crippen molar-refractivity contribution in [3.05, 3.63) is 83.0 Å². The van der Waals surface area contributed by atoms with Crippen LogP contribution in [-0.4, -0.2) is 40.3 Å². The Kier molecular flexibility index (Phi) is 7.37. The zero-order chi connectivity index (χ0) is 26.0. The van der Waals surface area contributed by atoms with Gasteiger partial charge in [0.05, 0.1) is 18.1 Å². The number of hydrogen-bond acceptors (Lipinski definition) is 6. The third-order valence-electron chi connectivity index (χ3n) is 6.10. The molecule has 3 aromatic rings. The number of rotatable bonds is 7. The first-order chi connectivity index (χ1) is 17.7. The predicted molar refractivity (Wildman–Crippen MR) is 142 cm³/mol. The molecule has 1 saturated heterocycles. The number of aromatic nitrogens is 1. The summed E-state index contributed by atoms with van der Waals surface area (Å²) in [5, 5.41) is 3.32. The summed E-state index contributed by atoms with van der Waals surface area (Å²) in [6, 6.07) is 15.2. The van der Waals surface area contributed by atoms with Crippen LogP contribution in [0.15, 0.2) is 71.8 Å². The van der Waals surface area contributed by atoms with Crippen LogP contribution in [-0.2, 0) is 17.8 Å². The normalized spacial score (nSPS) is 18.6. The van der Waals surface area contributed by atoms with E-state index in [1.165, 1.54) is 18.0 Å². The van der Waals surface area contributed by atoms with Crippen molar-refractivity contribution in [3.63, 3.8) is 0 Å². The summed E-state index contributed by atoms with van der Waals surface area (Å²) in [5.74, 6) is -1.74. The third-order valence-corrected chi connectivity index (χ3v) is 7.38. The molecule has 1 unspecified atom stereocenters. The molecule has 3 heterocycles. The Morgan fingerprint density at radius 2 is 2.00 bits per heavy atom. The van der Waals surface area contributed by atoms with E-state index >= 15 is 0 Å². The first kappa shape index (κ1) is 25.5. The number of ether oxygens (including phenoxy) is 1. The monoisotopic (exact) mass is 542 g/mol. The minimum atomic E-state index is -2.58. The van der Waals surface area contributed by atoms with Crippen LogP contribution in [0.25, 0.3) is 11.1 Å². The molecule has 0 saturated carbocycles. The second-order valence-electron chi connectivity index (χ2n) is 9.08. The summed E-state index contributed by atoms with van der Waals surface area (Å²) in [7, 11) is 0. The van der Waals surface area contributed by atoms with Crippen LogP contribution in [0.1, 0.15) is 17.5 Å². The third kappa shape index (κ3) is 6.41. The number of carbonyl (C=O) groups excluding carboxylic acids is 1. The zero-order valence-electron chi connectivity index (χ0n) is 19.8. The van der Waals surface area contributed by atoms with Gasteiger partial charge in [-0.2, -0.15) is 0 Å². The van der Waals surface area contributed by atoms with E-state index in [4.69, 9.17) is 22.1 Å². The van der Waals surface area contributed by atoms with E-state index in [9.17, 15) is 13.6 Å². The first-order valence-electron chi connectivity index (χ1n) is 11.8. The maximum Gasteiger partial charge on any atom is 0.274 e. The van der Waals surface area contributed by atoms with E-state index < -0.39 is 5.92 Å². The van der Waals surface area contributed by atoms with Crippen LogP contribution in [0.2, 0.25) is 5.02 Å². The summed E-state index contributed by atoms with van der Waals surface area (Å²) in [5.41, 5.74) is 9.39. The van der Waals surface area contributed by atoms with E-state index in [0.29, 0.717) is 29.6 Å². The number of hydrogen-bond donors (Lipinski definition) is 2. The number of anilines is 1. The number of halogens is 3. The average molecular weight is 543 g/mol. The Bertz CT molecular complexity index is 1310. The van der Waals surface area contributed by atoms with Gasteiger partial charge in [-0.1, -0.05) is 29.8 Å². The molecule has 1 aromatic heterocycles. The molecule has 0 bridgehead atoms. The van der Waals surface area contributed by atoms with Crippen LogP contribution >= 0.6 is 23.5 Å². The number of aryl methyl sites for hydroxylation is 1. The SMILES string of the molecule is Nc1ccc(CNC(=O)/C=C/C2CCc3cc(-c4ccc(SN5CC(F)(F)C5)cc4)cc(Cl)c3O2)cn1. The number of fused-ring (bicyclic) bond motifs is 1. The van der Waals surface area contributed by atoms with Gasteiger partial charge in [-0.15, -0.1) is 0 Å². The van der Waals surface area contributed by atoms with E-state index in [1.54, 1.807) is 22.6 Å².